The quantitative estimate of drug-likeness (QED) is 0.160. The molecule has 0 aliphatic rings. The van der Waals surface area contributed by atoms with Crippen LogP contribution >= 0.6 is 0 Å². The Morgan fingerprint density at radius 3 is 1.13 bits per heavy atom. The first-order valence-electron chi connectivity index (χ1n) is 23.8. The van der Waals surface area contributed by atoms with Gasteiger partial charge in [0.1, 0.15) is 0 Å². The van der Waals surface area contributed by atoms with Gasteiger partial charge in [0, 0.05) is 32.7 Å². The zero-order valence-corrected chi connectivity index (χ0v) is 40.0. The van der Waals surface area contributed by atoms with Crippen molar-refractivity contribution in [1.29, 1.82) is 5.26 Å². The number of para-hydroxylation sites is 2. The van der Waals surface area contributed by atoms with Crippen molar-refractivity contribution in [3.63, 3.8) is 0 Å². The molecular weight excluding hydrogens is 853 g/mol. The molecule has 6 heteroatoms. The number of nitriles is 1. The molecule has 3 aromatic heterocycles. The maximum absolute atomic E-state index is 11.1. The van der Waals surface area contributed by atoms with Crippen LogP contribution in [0.4, 0.5) is 0 Å². The van der Waals surface area contributed by atoms with Crippen LogP contribution in [0.15, 0.2) is 182 Å². The number of hydrogen-bond donors (Lipinski definition) is 0. The van der Waals surface area contributed by atoms with Crippen LogP contribution in [0.1, 0.15) is 38.9 Å². The first kappa shape index (κ1) is 42.4. The molecule has 12 rings (SSSR count). The van der Waals surface area contributed by atoms with E-state index in [2.05, 4.69) is 166 Å². The van der Waals surface area contributed by atoms with Gasteiger partial charge in [0.15, 0.2) is 17.5 Å². The summed E-state index contributed by atoms with van der Waals surface area (Å²) in [7, 11) is 0. The molecule has 0 radical (unpaired) electrons. The van der Waals surface area contributed by atoms with Gasteiger partial charge in [-0.3, -0.25) is 0 Å². The third kappa shape index (κ3) is 6.97. The Labute approximate surface area is 407 Å². The average Bonchev–Trinajstić information content (AvgIpc) is 3.88. The highest BCUT2D eigenvalue weighted by Crippen LogP contribution is 2.44. The Morgan fingerprint density at radius 2 is 0.714 bits per heavy atom. The van der Waals surface area contributed by atoms with E-state index < -0.39 is 0 Å². The van der Waals surface area contributed by atoms with E-state index in [1.165, 1.54) is 44.5 Å². The van der Waals surface area contributed by atoms with E-state index in [0.29, 0.717) is 23.0 Å². The van der Waals surface area contributed by atoms with Gasteiger partial charge in [-0.05, 0) is 135 Å². The number of nitrogens with zero attached hydrogens (tertiary/aromatic N) is 6. The van der Waals surface area contributed by atoms with Gasteiger partial charge >= 0.3 is 0 Å². The average molecular weight is 901 g/mol. The second-order valence-electron chi connectivity index (χ2n) is 18.8. The highest BCUT2D eigenvalue weighted by atomic mass is 15.1. The van der Waals surface area contributed by atoms with Crippen LogP contribution < -0.4 is 0 Å². The van der Waals surface area contributed by atoms with Gasteiger partial charge in [0.05, 0.1) is 50.6 Å². The summed E-state index contributed by atoms with van der Waals surface area (Å²) in [6, 6.07) is 66.6. The minimum atomic E-state index is 0.490. The summed E-state index contributed by atoms with van der Waals surface area (Å²) in [4.78, 5) is 16.0. The zero-order chi connectivity index (χ0) is 47.8. The zero-order valence-electron chi connectivity index (χ0n) is 40.0. The van der Waals surface area contributed by atoms with Crippen LogP contribution in [0, 0.1) is 52.9 Å². The molecule has 0 fully saturated rings. The van der Waals surface area contributed by atoms with E-state index in [0.717, 1.165) is 82.8 Å². The van der Waals surface area contributed by atoms with Gasteiger partial charge in [-0.25, -0.2) is 15.0 Å². The van der Waals surface area contributed by atoms with Gasteiger partial charge in [-0.2, -0.15) is 5.26 Å². The predicted octanol–water partition coefficient (Wildman–Crippen LogP) is 16.1. The Bertz CT molecular complexity index is 3830. The van der Waals surface area contributed by atoms with Gasteiger partial charge in [-0.1, -0.05) is 145 Å². The molecule has 0 saturated carbocycles. The second kappa shape index (κ2) is 16.7. The first-order valence-corrected chi connectivity index (χ1v) is 23.8. The summed E-state index contributed by atoms with van der Waals surface area (Å²) < 4.78 is 4.62. The summed E-state index contributed by atoms with van der Waals surface area (Å²) >= 11 is 0. The second-order valence-corrected chi connectivity index (χ2v) is 18.8. The number of aryl methyl sites for hydroxylation is 6. The third-order valence-electron chi connectivity index (χ3n) is 13.9. The summed E-state index contributed by atoms with van der Waals surface area (Å²) in [5.74, 6) is 1.60. The van der Waals surface area contributed by atoms with Gasteiger partial charge in [0.25, 0.3) is 0 Å². The van der Waals surface area contributed by atoms with Crippen molar-refractivity contribution in [2.75, 3.05) is 0 Å². The van der Waals surface area contributed by atoms with E-state index in [9.17, 15) is 5.26 Å². The van der Waals surface area contributed by atoms with Crippen molar-refractivity contribution in [2.45, 2.75) is 41.5 Å². The maximum atomic E-state index is 11.1. The Morgan fingerprint density at radius 1 is 0.343 bits per heavy atom. The van der Waals surface area contributed by atoms with Crippen molar-refractivity contribution in [3.05, 3.63) is 221 Å². The highest BCUT2D eigenvalue weighted by Gasteiger charge is 2.27. The molecule has 334 valence electrons. The van der Waals surface area contributed by atoms with Crippen LogP contribution in [0.2, 0.25) is 0 Å². The number of hydrogen-bond acceptors (Lipinski definition) is 4. The lowest BCUT2D eigenvalue weighted by atomic mass is 9.93. The van der Waals surface area contributed by atoms with Crippen molar-refractivity contribution in [2.24, 2.45) is 0 Å². The molecule has 0 unspecified atom stereocenters. The normalized spacial score (nSPS) is 11.6. The minimum absolute atomic E-state index is 0.490. The summed E-state index contributed by atoms with van der Waals surface area (Å²) in [5.41, 5.74) is 20.9. The standard InChI is InChI=1S/C64H48N6/c1-38-29-40(3)59(41(4)30-38)47-25-27-55-51(35-47)49-21-13-15-23-53(49)69(55)57-33-44(37-65)34-58(61(57)64-67-62(45-17-9-7-10-18-45)66-63(68-64)46-19-11-8-12-20-46)70-54-24-16-14-22-50(54)52-36-48(26-28-56(52)70)60-42(5)31-39(2)32-43(60)6/h7-36H,1-6H3. The molecule has 0 spiro atoms. The molecule has 0 aliphatic heterocycles. The molecule has 0 amide bonds. The lowest BCUT2D eigenvalue weighted by molar-refractivity contribution is 1.05. The van der Waals surface area contributed by atoms with Crippen LogP contribution in [0.3, 0.4) is 0 Å². The molecule has 0 N–H and O–H groups in total. The van der Waals surface area contributed by atoms with E-state index in [1.54, 1.807) is 0 Å². The molecular formula is C64H48N6. The predicted molar refractivity (Wildman–Crippen MR) is 289 cm³/mol. The fraction of sp³-hybridized carbons (Fsp3) is 0.0938. The SMILES string of the molecule is Cc1cc(C)c(-c2ccc3c(c2)c2ccccc2n3-c2cc(C#N)cc(-n3c4ccccc4c4cc(-c5c(C)cc(C)cc5C)ccc43)c2-c2nc(-c3ccccc3)nc(-c3ccccc3)n2)c(C)c1. The molecule has 3 heterocycles. The lowest BCUT2D eigenvalue weighted by Gasteiger charge is -2.20. The smallest absolute Gasteiger partial charge is 0.168 e. The Kier molecular flexibility index (Phi) is 10.1. The van der Waals surface area contributed by atoms with Crippen molar-refractivity contribution in [3.8, 4) is 73.9 Å². The molecule has 0 bridgehead atoms. The number of fused-ring (bicyclic) bond motifs is 6. The number of rotatable bonds is 7. The summed E-state index contributed by atoms with van der Waals surface area (Å²) in [6.07, 6.45) is 0. The maximum Gasteiger partial charge on any atom is 0.168 e. The molecule has 70 heavy (non-hydrogen) atoms. The first-order chi connectivity index (χ1) is 34.1. The number of aromatic nitrogens is 5. The van der Waals surface area contributed by atoms with E-state index in [-0.39, 0.29) is 0 Å². The molecule has 6 nitrogen and oxygen atoms in total. The summed E-state index contributed by atoms with van der Waals surface area (Å²) in [5, 5.41) is 15.6. The van der Waals surface area contributed by atoms with E-state index in [1.807, 2.05) is 72.8 Å². The fourth-order valence-electron chi connectivity index (χ4n) is 11.2. The molecule has 0 saturated heterocycles. The molecule has 0 atom stereocenters. The number of benzene rings is 9. The monoisotopic (exact) mass is 900 g/mol. The Hall–Kier alpha value is -8.92. The van der Waals surface area contributed by atoms with Crippen molar-refractivity contribution < 1.29 is 0 Å². The molecule has 9 aromatic carbocycles. The Balaban J connectivity index is 1.22. The molecule has 0 aliphatic carbocycles. The van der Waals surface area contributed by atoms with Crippen LogP contribution in [-0.2, 0) is 0 Å². The third-order valence-corrected chi connectivity index (χ3v) is 13.9. The lowest BCUT2D eigenvalue weighted by Crippen LogP contribution is -2.08. The van der Waals surface area contributed by atoms with Gasteiger partial charge < -0.3 is 9.13 Å². The van der Waals surface area contributed by atoms with Gasteiger partial charge in [0.2, 0.25) is 0 Å². The van der Waals surface area contributed by atoms with Crippen molar-refractivity contribution >= 4 is 43.6 Å². The van der Waals surface area contributed by atoms with E-state index >= 15 is 0 Å². The molecule has 12 aromatic rings. The van der Waals surface area contributed by atoms with Crippen LogP contribution in [0.25, 0.3) is 111 Å². The van der Waals surface area contributed by atoms with Crippen LogP contribution in [-0.4, -0.2) is 24.1 Å². The summed E-state index contributed by atoms with van der Waals surface area (Å²) in [6.45, 7) is 13.1. The minimum Gasteiger partial charge on any atom is -0.308 e. The van der Waals surface area contributed by atoms with Gasteiger partial charge in [-0.15, -0.1) is 0 Å². The van der Waals surface area contributed by atoms with Crippen LogP contribution in [0.5, 0.6) is 0 Å². The highest BCUT2D eigenvalue weighted by molar-refractivity contribution is 6.13. The topological polar surface area (TPSA) is 72.3 Å². The van der Waals surface area contributed by atoms with E-state index in [4.69, 9.17) is 15.0 Å². The largest absolute Gasteiger partial charge is 0.308 e. The fourth-order valence-corrected chi connectivity index (χ4v) is 11.2. The van der Waals surface area contributed by atoms with Crippen molar-refractivity contribution in [1.82, 2.24) is 24.1 Å².